The number of rotatable bonds is 2. The summed E-state index contributed by atoms with van der Waals surface area (Å²) in [7, 11) is 0. The number of allylic oxidation sites excluding steroid dienone is 4. The Morgan fingerprint density at radius 3 is 2.72 bits per heavy atom. The minimum absolute atomic E-state index is 0.363. The molecular formula is C17H22O. The summed E-state index contributed by atoms with van der Waals surface area (Å²) >= 11 is 0. The van der Waals surface area contributed by atoms with Gasteiger partial charge in [-0.25, -0.2) is 0 Å². The fourth-order valence-corrected chi connectivity index (χ4v) is 2.63. The minimum Gasteiger partial charge on any atom is -0.295 e. The molecule has 1 heteroatoms. The zero-order valence-corrected chi connectivity index (χ0v) is 11.3. The highest BCUT2D eigenvalue weighted by Gasteiger charge is 2.17. The minimum atomic E-state index is 0.363. The zero-order valence-electron chi connectivity index (χ0n) is 11.3. The van der Waals surface area contributed by atoms with Gasteiger partial charge in [0.1, 0.15) is 0 Å². The van der Waals surface area contributed by atoms with Crippen LogP contribution in [0.5, 0.6) is 0 Å². The van der Waals surface area contributed by atoms with Crippen molar-refractivity contribution < 1.29 is 4.79 Å². The van der Waals surface area contributed by atoms with E-state index in [2.05, 4.69) is 24.8 Å². The summed E-state index contributed by atoms with van der Waals surface area (Å²) in [5.41, 5.74) is 3.67. The van der Waals surface area contributed by atoms with E-state index >= 15 is 0 Å². The fourth-order valence-electron chi connectivity index (χ4n) is 2.63. The molecule has 1 saturated carbocycles. The van der Waals surface area contributed by atoms with Crippen molar-refractivity contribution in [2.75, 3.05) is 0 Å². The van der Waals surface area contributed by atoms with E-state index in [4.69, 9.17) is 0 Å². The number of hydrogen-bond donors (Lipinski definition) is 0. The quantitative estimate of drug-likeness (QED) is 0.520. The number of unbranched alkanes of at least 4 members (excludes halogenated alkanes) is 1. The lowest BCUT2D eigenvalue weighted by Gasteiger charge is -2.12. The van der Waals surface area contributed by atoms with Crippen LogP contribution in [0.1, 0.15) is 64.7 Å². The molecule has 2 rings (SSSR count). The fraction of sp³-hybridized carbons (Fsp3) is 0.588. The predicted molar refractivity (Wildman–Crippen MR) is 75.1 cm³/mol. The van der Waals surface area contributed by atoms with Crippen LogP contribution in [0.4, 0.5) is 0 Å². The number of carbonyl (C=O) groups is 1. The molecule has 2 aliphatic rings. The second-order valence-corrected chi connectivity index (χ2v) is 5.21. The molecule has 18 heavy (non-hydrogen) atoms. The lowest BCUT2D eigenvalue weighted by Crippen LogP contribution is -2.08. The summed E-state index contributed by atoms with van der Waals surface area (Å²) in [4.78, 5) is 11.8. The number of carbonyl (C=O) groups excluding carboxylic acids is 1. The van der Waals surface area contributed by atoms with E-state index in [-0.39, 0.29) is 0 Å². The number of Topliss-reactive ketones (excluding diaryl/α,β-unsaturated/α-hetero) is 1. The Hall–Kier alpha value is -1.29. The van der Waals surface area contributed by atoms with E-state index in [1.165, 1.54) is 24.0 Å². The molecule has 0 saturated heterocycles. The molecule has 0 aromatic rings. The third-order valence-corrected chi connectivity index (χ3v) is 3.68. The summed E-state index contributed by atoms with van der Waals surface area (Å²) in [6.45, 7) is 2.15. The van der Waals surface area contributed by atoms with E-state index in [1.54, 1.807) is 0 Å². The van der Waals surface area contributed by atoms with Crippen molar-refractivity contribution in [1.82, 2.24) is 0 Å². The average Bonchev–Trinajstić information content (AvgIpc) is 2.80. The van der Waals surface area contributed by atoms with Crippen LogP contribution in [0.3, 0.4) is 0 Å². The molecule has 0 aromatic carbocycles. The first kappa shape index (κ1) is 13.1. The SMILES string of the molecule is CCCC#CC1=C(/C=C2/CCCCC2=O)CCC1. The van der Waals surface area contributed by atoms with Crippen molar-refractivity contribution in [3.63, 3.8) is 0 Å². The van der Waals surface area contributed by atoms with E-state index in [0.29, 0.717) is 5.78 Å². The maximum absolute atomic E-state index is 11.8. The van der Waals surface area contributed by atoms with Crippen LogP contribution in [0.2, 0.25) is 0 Å². The van der Waals surface area contributed by atoms with Crippen molar-refractivity contribution in [3.05, 3.63) is 22.8 Å². The summed E-state index contributed by atoms with van der Waals surface area (Å²) < 4.78 is 0. The summed E-state index contributed by atoms with van der Waals surface area (Å²) in [5.74, 6) is 6.91. The Balaban J connectivity index is 2.15. The average molecular weight is 242 g/mol. The van der Waals surface area contributed by atoms with Crippen LogP contribution >= 0.6 is 0 Å². The second kappa shape index (κ2) is 6.59. The smallest absolute Gasteiger partial charge is 0.158 e. The molecule has 96 valence electrons. The molecule has 0 aromatic heterocycles. The van der Waals surface area contributed by atoms with E-state index < -0.39 is 0 Å². The van der Waals surface area contributed by atoms with Crippen LogP contribution < -0.4 is 0 Å². The predicted octanol–water partition coefficient (Wildman–Crippen LogP) is 4.34. The molecule has 0 radical (unpaired) electrons. The van der Waals surface area contributed by atoms with Gasteiger partial charge in [-0.1, -0.05) is 24.8 Å². The molecule has 0 atom stereocenters. The van der Waals surface area contributed by atoms with Crippen LogP contribution in [0, 0.1) is 11.8 Å². The maximum Gasteiger partial charge on any atom is 0.158 e. The van der Waals surface area contributed by atoms with Crippen molar-refractivity contribution in [2.45, 2.75) is 64.7 Å². The van der Waals surface area contributed by atoms with Gasteiger partial charge in [0, 0.05) is 18.4 Å². The standard InChI is InChI=1S/C17H22O/c1-2-3-4-8-14-10-7-11-15(14)13-16-9-5-6-12-17(16)18/h13H,2-3,5-7,9-12H2,1H3/b16-13-. The highest BCUT2D eigenvalue weighted by atomic mass is 16.1. The largest absolute Gasteiger partial charge is 0.295 e. The Labute approximate surface area is 110 Å². The third kappa shape index (κ3) is 3.35. The molecule has 0 N–H and O–H groups in total. The highest BCUT2D eigenvalue weighted by Crippen LogP contribution is 2.30. The Kier molecular flexibility index (Phi) is 4.81. The van der Waals surface area contributed by atoms with E-state index in [0.717, 1.165) is 50.5 Å². The summed E-state index contributed by atoms with van der Waals surface area (Å²) in [6.07, 6.45) is 11.6. The monoisotopic (exact) mass is 242 g/mol. The molecule has 0 spiro atoms. The zero-order chi connectivity index (χ0) is 12.8. The van der Waals surface area contributed by atoms with E-state index in [9.17, 15) is 4.79 Å². The van der Waals surface area contributed by atoms with Crippen molar-refractivity contribution in [1.29, 1.82) is 0 Å². The van der Waals surface area contributed by atoms with Gasteiger partial charge in [-0.15, -0.1) is 0 Å². The Morgan fingerprint density at radius 1 is 1.11 bits per heavy atom. The molecule has 1 fully saturated rings. The first-order chi connectivity index (χ1) is 8.81. The van der Waals surface area contributed by atoms with Crippen molar-refractivity contribution in [2.24, 2.45) is 0 Å². The normalized spacial score (nSPS) is 22.3. The first-order valence-electron chi connectivity index (χ1n) is 7.26. The molecule has 0 unspecified atom stereocenters. The van der Waals surface area contributed by atoms with Gasteiger partial charge in [-0.05, 0) is 56.1 Å². The Morgan fingerprint density at radius 2 is 1.94 bits per heavy atom. The molecule has 0 bridgehead atoms. The third-order valence-electron chi connectivity index (χ3n) is 3.68. The summed E-state index contributed by atoms with van der Waals surface area (Å²) in [5, 5.41) is 0. The van der Waals surface area contributed by atoms with Gasteiger partial charge >= 0.3 is 0 Å². The van der Waals surface area contributed by atoms with Crippen LogP contribution in [-0.4, -0.2) is 5.78 Å². The topological polar surface area (TPSA) is 17.1 Å². The van der Waals surface area contributed by atoms with Crippen LogP contribution in [-0.2, 0) is 4.79 Å². The van der Waals surface area contributed by atoms with Gasteiger partial charge in [0.2, 0.25) is 0 Å². The van der Waals surface area contributed by atoms with Crippen molar-refractivity contribution in [3.8, 4) is 11.8 Å². The lowest BCUT2D eigenvalue weighted by atomic mass is 9.91. The van der Waals surface area contributed by atoms with Crippen LogP contribution in [0.25, 0.3) is 0 Å². The van der Waals surface area contributed by atoms with Gasteiger partial charge in [0.25, 0.3) is 0 Å². The number of ketones is 1. The number of hydrogen-bond acceptors (Lipinski definition) is 1. The summed E-state index contributed by atoms with van der Waals surface area (Å²) in [6, 6.07) is 0. The molecule has 2 aliphatic carbocycles. The van der Waals surface area contributed by atoms with Crippen LogP contribution in [0.15, 0.2) is 22.8 Å². The lowest BCUT2D eigenvalue weighted by molar-refractivity contribution is -0.116. The maximum atomic E-state index is 11.8. The molecule has 1 nitrogen and oxygen atoms in total. The van der Waals surface area contributed by atoms with Gasteiger partial charge in [0.15, 0.2) is 5.78 Å². The highest BCUT2D eigenvalue weighted by molar-refractivity contribution is 5.96. The molecule has 0 amide bonds. The van der Waals surface area contributed by atoms with Gasteiger partial charge in [-0.2, -0.15) is 0 Å². The first-order valence-corrected chi connectivity index (χ1v) is 7.26. The van der Waals surface area contributed by atoms with Crippen molar-refractivity contribution >= 4 is 5.78 Å². The Bertz CT molecular complexity index is 440. The second-order valence-electron chi connectivity index (χ2n) is 5.21. The molecular weight excluding hydrogens is 220 g/mol. The van der Waals surface area contributed by atoms with Gasteiger partial charge < -0.3 is 0 Å². The van der Waals surface area contributed by atoms with Gasteiger partial charge in [0.05, 0.1) is 0 Å². The molecule has 0 heterocycles. The molecule has 0 aliphatic heterocycles. The van der Waals surface area contributed by atoms with E-state index in [1.807, 2.05) is 0 Å². The van der Waals surface area contributed by atoms with Gasteiger partial charge in [-0.3, -0.25) is 4.79 Å².